The Balaban J connectivity index is 2.11. The molecule has 1 atom stereocenters. The molecule has 1 heterocycles. The molecular weight excluding hydrogens is 224 g/mol. The normalized spacial score (nSPS) is 19.7. The van der Waals surface area contributed by atoms with E-state index in [4.69, 9.17) is 0 Å². The number of carbonyl (C=O) groups is 1. The molecule has 1 N–H and O–H groups in total. The molecule has 0 aromatic heterocycles. The monoisotopic (exact) mass is 246 g/mol. The zero-order valence-electron chi connectivity index (χ0n) is 11.5. The van der Waals surface area contributed by atoms with Gasteiger partial charge in [-0.05, 0) is 51.2 Å². The van der Waals surface area contributed by atoms with Gasteiger partial charge in [-0.25, -0.2) is 4.79 Å². The van der Waals surface area contributed by atoms with Gasteiger partial charge in [0.05, 0.1) is 0 Å². The Labute approximate surface area is 109 Å². The summed E-state index contributed by atoms with van der Waals surface area (Å²) in [5.74, 6) is 0. The molecule has 2 rings (SSSR count). The second kappa shape index (κ2) is 5.42. The maximum absolute atomic E-state index is 12.3. The first-order valence-corrected chi connectivity index (χ1v) is 6.73. The van der Waals surface area contributed by atoms with Gasteiger partial charge in [0.25, 0.3) is 0 Å². The molecule has 1 aliphatic heterocycles. The van der Waals surface area contributed by atoms with Crippen LogP contribution in [0.15, 0.2) is 18.2 Å². The van der Waals surface area contributed by atoms with Crippen molar-refractivity contribution in [1.29, 1.82) is 0 Å². The van der Waals surface area contributed by atoms with Crippen LogP contribution in [0.3, 0.4) is 0 Å². The molecule has 1 saturated heterocycles. The number of anilines is 1. The van der Waals surface area contributed by atoms with Crippen molar-refractivity contribution in [3.8, 4) is 0 Å². The van der Waals surface area contributed by atoms with E-state index in [9.17, 15) is 4.79 Å². The van der Waals surface area contributed by atoms with E-state index in [2.05, 4.69) is 12.2 Å². The van der Waals surface area contributed by atoms with Gasteiger partial charge >= 0.3 is 6.03 Å². The molecule has 0 radical (unpaired) electrons. The minimum absolute atomic E-state index is 0.0413. The molecule has 1 fully saturated rings. The van der Waals surface area contributed by atoms with Gasteiger partial charge in [-0.3, -0.25) is 0 Å². The number of hydrogen-bond donors (Lipinski definition) is 1. The van der Waals surface area contributed by atoms with Crippen LogP contribution in [0.25, 0.3) is 0 Å². The fraction of sp³-hybridized carbons (Fsp3) is 0.533. The number of piperidine rings is 1. The smallest absolute Gasteiger partial charge is 0.322 e. The van der Waals surface area contributed by atoms with E-state index in [0.29, 0.717) is 6.04 Å². The number of urea groups is 1. The summed E-state index contributed by atoms with van der Waals surface area (Å²) in [5.41, 5.74) is 3.20. The van der Waals surface area contributed by atoms with Gasteiger partial charge in [0.2, 0.25) is 0 Å². The molecule has 3 nitrogen and oxygen atoms in total. The Morgan fingerprint density at radius 1 is 1.28 bits per heavy atom. The van der Waals surface area contributed by atoms with E-state index in [1.165, 1.54) is 6.42 Å². The molecule has 1 aliphatic rings. The van der Waals surface area contributed by atoms with Gasteiger partial charge in [0, 0.05) is 18.3 Å². The van der Waals surface area contributed by atoms with Crippen LogP contribution in [0.5, 0.6) is 0 Å². The number of aryl methyl sites for hydroxylation is 2. The van der Waals surface area contributed by atoms with Crippen LogP contribution in [0.1, 0.15) is 37.3 Å². The molecule has 0 aliphatic carbocycles. The lowest BCUT2D eigenvalue weighted by Crippen LogP contribution is -2.44. The van der Waals surface area contributed by atoms with Crippen LogP contribution in [0.4, 0.5) is 10.5 Å². The highest BCUT2D eigenvalue weighted by Crippen LogP contribution is 2.22. The van der Waals surface area contributed by atoms with Crippen molar-refractivity contribution in [2.45, 2.75) is 46.1 Å². The maximum atomic E-state index is 12.3. The Hall–Kier alpha value is -1.51. The average Bonchev–Trinajstić information content (AvgIpc) is 2.34. The number of carbonyl (C=O) groups excluding carboxylic acids is 1. The highest BCUT2D eigenvalue weighted by atomic mass is 16.2. The summed E-state index contributed by atoms with van der Waals surface area (Å²) >= 11 is 0. The third-order valence-corrected chi connectivity index (χ3v) is 3.78. The first-order valence-electron chi connectivity index (χ1n) is 6.73. The quantitative estimate of drug-likeness (QED) is 0.805. The number of amides is 2. The predicted molar refractivity (Wildman–Crippen MR) is 75.0 cm³/mol. The topological polar surface area (TPSA) is 32.3 Å². The van der Waals surface area contributed by atoms with E-state index in [-0.39, 0.29) is 6.03 Å². The van der Waals surface area contributed by atoms with Crippen molar-refractivity contribution < 1.29 is 4.79 Å². The lowest BCUT2D eigenvalue weighted by atomic mass is 10.0. The van der Waals surface area contributed by atoms with Gasteiger partial charge < -0.3 is 10.2 Å². The highest BCUT2D eigenvalue weighted by Gasteiger charge is 2.23. The number of nitrogens with one attached hydrogen (secondary N) is 1. The molecule has 1 aromatic rings. The molecule has 0 spiro atoms. The van der Waals surface area contributed by atoms with Crippen molar-refractivity contribution in [2.75, 3.05) is 11.9 Å². The predicted octanol–water partition coefficient (Wildman–Crippen LogP) is 3.71. The third-order valence-electron chi connectivity index (χ3n) is 3.78. The Morgan fingerprint density at radius 3 is 2.56 bits per heavy atom. The molecule has 1 unspecified atom stereocenters. The van der Waals surface area contributed by atoms with Gasteiger partial charge in [0.15, 0.2) is 0 Å². The lowest BCUT2D eigenvalue weighted by molar-refractivity contribution is 0.170. The summed E-state index contributed by atoms with van der Waals surface area (Å²) in [6, 6.07) is 6.47. The Bertz CT molecular complexity index is 422. The number of likely N-dealkylation sites (tertiary alicyclic amines) is 1. The molecule has 0 bridgehead atoms. The number of hydrogen-bond acceptors (Lipinski definition) is 1. The molecular formula is C15H22N2O. The van der Waals surface area contributed by atoms with Crippen LogP contribution in [-0.2, 0) is 0 Å². The van der Waals surface area contributed by atoms with Crippen LogP contribution in [0, 0.1) is 13.8 Å². The summed E-state index contributed by atoms with van der Waals surface area (Å²) in [7, 11) is 0. The summed E-state index contributed by atoms with van der Waals surface area (Å²) in [6.45, 7) is 7.06. The van der Waals surface area contributed by atoms with Crippen molar-refractivity contribution in [3.63, 3.8) is 0 Å². The van der Waals surface area contributed by atoms with Crippen molar-refractivity contribution in [3.05, 3.63) is 29.3 Å². The number of rotatable bonds is 1. The second-order valence-corrected chi connectivity index (χ2v) is 5.24. The molecule has 18 heavy (non-hydrogen) atoms. The number of benzene rings is 1. The average molecular weight is 246 g/mol. The first-order chi connectivity index (χ1) is 8.59. The van der Waals surface area contributed by atoms with Crippen molar-refractivity contribution in [2.24, 2.45) is 0 Å². The van der Waals surface area contributed by atoms with E-state index in [1.807, 2.05) is 36.9 Å². The number of para-hydroxylation sites is 1. The Morgan fingerprint density at radius 2 is 1.94 bits per heavy atom. The molecule has 2 amide bonds. The van der Waals surface area contributed by atoms with Crippen LogP contribution < -0.4 is 5.32 Å². The standard InChI is InChI=1S/C15H22N2O/c1-11-7-6-8-12(2)14(11)16-15(18)17-10-5-4-9-13(17)3/h6-8,13H,4-5,9-10H2,1-3H3,(H,16,18). The van der Waals surface area contributed by atoms with Crippen molar-refractivity contribution in [1.82, 2.24) is 4.90 Å². The second-order valence-electron chi connectivity index (χ2n) is 5.24. The third kappa shape index (κ3) is 2.66. The molecule has 3 heteroatoms. The fourth-order valence-electron chi connectivity index (χ4n) is 2.59. The van der Waals surface area contributed by atoms with Gasteiger partial charge in [0.1, 0.15) is 0 Å². The molecule has 0 saturated carbocycles. The summed E-state index contributed by atoms with van der Waals surface area (Å²) in [6.07, 6.45) is 3.46. The van der Waals surface area contributed by atoms with Gasteiger partial charge in [-0.15, -0.1) is 0 Å². The fourth-order valence-corrected chi connectivity index (χ4v) is 2.59. The van der Waals surface area contributed by atoms with Crippen LogP contribution in [0.2, 0.25) is 0 Å². The zero-order chi connectivity index (χ0) is 13.1. The van der Waals surface area contributed by atoms with Crippen LogP contribution in [-0.4, -0.2) is 23.5 Å². The summed E-state index contributed by atoms with van der Waals surface area (Å²) in [5, 5.41) is 3.07. The maximum Gasteiger partial charge on any atom is 0.322 e. The van der Waals surface area contributed by atoms with Crippen molar-refractivity contribution >= 4 is 11.7 Å². The first kappa shape index (κ1) is 12.9. The van der Waals surface area contributed by atoms with E-state index in [1.54, 1.807) is 0 Å². The minimum Gasteiger partial charge on any atom is -0.322 e. The summed E-state index contributed by atoms with van der Waals surface area (Å²) in [4.78, 5) is 14.3. The van der Waals surface area contributed by atoms with E-state index in [0.717, 1.165) is 36.2 Å². The molecule has 1 aromatic carbocycles. The highest BCUT2D eigenvalue weighted by molar-refractivity contribution is 5.91. The lowest BCUT2D eigenvalue weighted by Gasteiger charge is -2.33. The van der Waals surface area contributed by atoms with E-state index >= 15 is 0 Å². The summed E-state index contributed by atoms with van der Waals surface area (Å²) < 4.78 is 0. The largest absolute Gasteiger partial charge is 0.322 e. The zero-order valence-corrected chi connectivity index (χ0v) is 11.5. The molecule has 98 valence electrons. The number of nitrogens with zero attached hydrogens (tertiary/aromatic N) is 1. The van der Waals surface area contributed by atoms with Crippen LogP contribution >= 0.6 is 0 Å². The van der Waals surface area contributed by atoms with Gasteiger partial charge in [-0.1, -0.05) is 18.2 Å². The van der Waals surface area contributed by atoms with Gasteiger partial charge in [-0.2, -0.15) is 0 Å². The Kier molecular flexibility index (Phi) is 3.90. The SMILES string of the molecule is Cc1cccc(C)c1NC(=O)N1CCCCC1C. The minimum atomic E-state index is 0.0413. The van der Waals surface area contributed by atoms with E-state index < -0.39 is 0 Å².